The minimum Gasteiger partial charge on any atom is -0.389 e. The van der Waals surface area contributed by atoms with E-state index >= 15 is 0 Å². The third-order valence-corrected chi connectivity index (χ3v) is 6.70. The highest BCUT2D eigenvalue weighted by molar-refractivity contribution is 6.05. The minimum atomic E-state index is 0.441. The summed E-state index contributed by atoms with van der Waals surface area (Å²) in [6, 6.07) is 6.80. The molecule has 7 nitrogen and oxygen atoms in total. The van der Waals surface area contributed by atoms with E-state index in [1.54, 1.807) is 0 Å². The van der Waals surface area contributed by atoms with E-state index < -0.39 is 0 Å². The zero-order valence-electron chi connectivity index (χ0n) is 24.5. The average molecular weight is 520 g/mol. The van der Waals surface area contributed by atoms with Crippen LogP contribution in [0.4, 0.5) is 5.69 Å². The van der Waals surface area contributed by atoms with E-state index in [-0.39, 0.29) is 0 Å². The van der Waals surface area contributed by atoms with Crippen LogP contribution < -0.4 is 16.0 Å². The molecule has 0 radical (unpaired) electrons. The maximum Gasteiger partial charge on any atom is 0.0970 e. The Morgan fingerprint density at radius 2 is 1.63 bits per heavy atom. The largest absolute Gasteiger partial charge is 0.389 e. The Morgan fingerprint density at radius 1 is 1.03 bits per heavy atom. The van der Waals surface area contributed by atoms with Crippen molar-refractivity contribution in [3.63, 3.8) is 0 Å². The van der Waals surface area contributed by atoms with Gasteiger partial charge >= 0.3 is 0 Å². The Labute approximate surface area is 230 Å². The summed E-state index contributed by atoms with van der Waals surface area (Å²) in [4.78, 5) is 4.47. The quantitative estimate of drug-likeness (QED) is 0.145. The topological polar surface area (TPSA) is 78.8 Å². The lowest BCUT2D eigenvalue weighted by atomic mass is 9.87. The fourth-order valence-corrected chi connectivity index (χ4v) is 4.70. The smallest absolute Gasteiger partial charge is 0.0970 e. The number of rotatable bonds is 18. The molecule has 0 saturated carbocycles. The Bertz CT molecular complexity index is 1120. The molecule has 0 spiro atoms. The second kappa shape index (κ2) is 15.9. The molecular weight excluding hydrogens is 470 g/mol. The van der Waals surface area contributed by atoms with Gasteiger partial charge in [0.15, 0.2) is 0 Å². The van der Waals surface area contributed by atoms with Gasteiger partial charge in [0.1, 0.15) is 0 Å². The van der Waals surface area contributed by atoms with Crippen molar-refractivity contribution in [3.8, 4) is 0 Å². The summed E-state index contributed by atoms with van der Waals surface area (Å²) in [5, 5.41) is 16.3. The van der Waals surface area contributed by atoms with Gasteiger partial charge in [-0.2, -0.15) is 5.11 Å². The lowest BCUT2D eigenvalue weighted by molar-refractivity contribution is 0.400. The highest BCUT2D eigenvalue weighted by Crippen LogP contribution is 2.38. The van der Waals surface area contributed by atoms with Crippen LogP contribution >= 0.6 is 0 Å². The molecule has 208 valence electrons. The second-order valence-electron chi connectivity index (χ2n) is 10.3. The van der Waals surface area contributed by atoms with Crippen molar-refractivity contribution in [2.45, 2.75) is 39.0 Å². The van der Waals surface area contributed by atoms with E-state index in [0.29, 0.717) is 12.2 Å². The Hall–Kier alpha value is -3.16. The Balaban J connectivity index is 2.70. The lowest BCUT2D eigenvalue weighted by Crippen LogP contribution is -2.15. The fraction of sp³-hybridized carbons (Fsp3) is 0.484. The summed E-state index contributed by atoms with van der Waals surface area (Å²) in [6.45, 7) is 14.1. The van der Waals surface area contributed by atoms with E-state index in [1.807, 2.05) is 19.3 Å². The van der Waals surface area contributed by atoms with Crippen LogP contribution in [0.5, 0.6) is 0 Å². The van der Waals surface area contributed by atoms with Crippen LogP contribution in [0.3, 0.4) is 0 Å². The number of benzene rings is 2. The molecule has 0 aliphatic carbocycles. The molecule has 0 bridgehead atoms. The van der Waals surface area contributed by atoms with E-state index in [2.05, 4.69) is 97.3 Å². The maximum atomic E-state index is 7.62. The molecule has 2 aromatic carbocycles. The van der Waals surface area contributed by atoms with Crippen LogP contribution in [-0.2, 0) is 12.8 Å². The van der Waals surface area contributed by atoms with Crippen molar-refractivity contribution in [2.24, 2.45) is 5.11 Å². The predicted octanol–water partition coefficient (Wildman–Crippen LogP) is 5.95. The number of nitrogens with one attached hydrogen (secondary N) is 4. The maximum absolute atomic E-state index is 7.62. The van der Waals surface area contributed by atoms with Crippen LogP contribution in [0.1, 0.15) is 48.4 Å². The van der Waals surface area contributed by atoms with Crippen LogP contribution in [0.25, 0.3) is 22.5 Å². The van der Waals surface area contributed by atoms with Crippen LogP contribution in [0, 0.1) is 5.53 Å². The first-order valence-corrected chi connectivity index (χ1v) is 13.7. The number of fused-ring (bicyclic) bond motifs is 1. The molecule has 2 rings (SSSR count). The van der Waals surface area contributed by atoms with Gasteiger partial charge in [-0.3, -0.25) is 0 Å². The molecule has 2 aromatic rings. The monoisotopic (exact) mass is 519 g/mol. The van der Waals surface area contributed by atoms with Gasteiger partial charge in [-0.1, -0.05) is 38.3 Å². The zero-order chi connectivity index (χ0) is 28.1. The molecule has 0 amide bonds. The van der Waals surface area contributed by atoms with Gasteiger partial charge in [0.05, 0.1) is 12.2 Å². The number of hydrogen-bond donors (Lipinski definition) is 4. The highest BCUT2D eigenvalue weighted by Gasteiger charge is 2.18. The van der Waals surface area contributed by atoms with Gasteiger partial charge in [0.25, 0.3) is 0 Å². The summed E-state index contributed by atoms with van der Waals surface area (Å²) < 4.78 is 0. The summed E-state index contributed by atoms with van der Waals surface area (Å²) in [5.41, 5.74) is 15.0. The predicted molar refractivity (Wildman–Crippen MR) is 166 cm³/mol. The average Bonchev–Trinajstić information content (AvgIpc) is 2.89. The minimum absolute atomic E-state index is 0.441. The Morgan fingerprint density at radius 3 is 2.13 bits per heavy atom. The third kappa shape index (κ3) is 8.71. The van der Waals surface area contributed by atoms with Crippen LogP contribution in [0.15, 0.2) is 48.4 Å². The highest BCUT2D eigenvalue weighted by atomic mass is 15.1. The van der Waals surface area contributed by atoms with Gasteiger partial charge in [0, 0.05) is 42.3 Å². The van der Waals surface area contributed by atoms with Gasteiger partial charge in [-0.15, -0.1) is 0 Å². The normalized spacial score (nSPS) is 11.7. The third-order valence-electron chi connectivity index (χ3n) is 6.70. The van der Waals surface area contributed by atoms with Gasteiger partial charge < -0.3 is 25.8 Å². The molecule has 0 unspecified atom stereocenters. The zero-order valence-corrected chi connectivity index (χ0v) is 24.5. The molecule has 0 saturated heterocycles. The van der Waals surface area contributed by atoms with Crippen molar-refractivity contribution < 1.29 is 0 Å². The Kier molecular flexibility index (Phi) is 13.0. The van der Waals surface area contributed by atoms with E-state index in [1.165, 1.54) is 21.9 Å². The number of aryl methyl sites for hydroxylation is 2. The standard InChI is InChI=1S/C31H49N7/c1-9-17-34-21-26(36-32)22-35-29-20-28(23(3)33-4)31-25(14-12-19-38(7)8)16-15-24(13-11-18-37(5)6)30(31)27(29)10-2/h10,15-16,20-21,32-35H,2-3,9,11-14,17-19,22H2,1,4-8H3/b26-21-,36-32?. The second-order valence-corrected chi connectivity index (χ2v) is 10.3. The van der Waals surface area contributed by atoms with Gasteiger partial charge in [-0.05, 0) is 101 Å². The first-order valence-electron chi connectivity index (χ1n) is 13.7. The van der Waals surface area contributed by atoms with Gasteiger partial charge in [0.2, 0.25) is 0 Å². The van der Waals surface area contributed by atoms with Gasteiger partial charge in [-0.25, -0.2) is 5.53 Å². The van der Waals surface area contributed by atoms with E-state index in [4.69, 9.17) is 5.53 Å². The number of anilines is 1. The number of nitrogens with zero attached hydrogens (tertiary/aromatic N) is 3. The SMILES string of the molecule is C=Cc1c(NC/C(=C/NCCC)N=N)cc(C(=C)NC)c2c(CCCN(C)C)ccc(CCCN(C)C)c12. The summed E-state index contributed by atoms with van der Waals surface area (Å²) >= 11 is 0. The first kappa shape index (κ1) is 31.1. The van der Waals surface area contributed by atoms with Crippen molar-refractivity contribution in [3.05, 3.63) is 65.5 Å². The molecular formula is C31H49N7. The molecule has 38 heavy (non-hydrogen) atoms. The van der Waals surface area contributed by atoms with Crippen molar-refractivity contribution in [1.82, 2.24) is 20.4 Å². The van der Waals surface area contributed by atoms with Crippen LogP contribution in [0.2, 0.25) is 0 Å². The van der Waals surface area contributed by atoms with Crippen molar-refractivity contribution >= 4 is 28.2 Å². The molecule has 0 fully saturated rings. The van der Waals surface area contributed by atoms with Crippen LogP contribution in [-0.4, -0.2) is 71.2 Å². The summed E-state index contributed by atoms with van der Waals surface area (Å²) in [7, 11) is 10.4. The van der Waals surface area contributed by atoms with E-state index in [0.717, 1.165) is 74.2 Å². The van der Waals surface area contributed by atoms with E-state index in [9.17, 15) is 0 Å². The van der Waals surface area contributed by atoms with Crippen molar-refractivity contribution in [1.29, 1.82) is 5.53 Å². The fourth-order valence-electron chi connectivity index (χ4n) is 4.70. The lowest BCUT2D eigenvalue weighted by Gasteiger charge is -2.22. The molecule has 0 aliphatic rings. The first-order chi connectivity index (χ1) is 18.3. The molecule has 0 aromatic heterocycles. The number of hydrogen-bond acceptors (Lipinski definition) is 7. The molecule has 0 aliphatic heterocycles. The molecule has 4 N–H and O–H groups in total. The van der Waals surface area contributed by atoms with Crippen molar-refractivity contribution in [2.75, 3.05) is 66.7 Å². The molecule has 0 atom stereocenters. The molecule has 7 heteroatoms. The molecule has 0 heterocycles. The summed E-state index contributed by atoms with van der Waals surface area (Å²) in [6.07, 6.45) is 8.94. The summed E-state index contributed by atoms with van der Waals surface area (Å²) in [5.74, 6) is 0.